The van der Waals surface area contributed by atoms with Crippen LogP contribution in [0.3, 0.4) is 0 Å². The molecular formula is C27H28N2O5. The Balaban J connectivity index is 1.42. The maximum Gasteiger partial charge on any atom is 0.338 e. The molecule has 34 heavy (non-hydrogen) atoms. The first-order valence-corrected chi connectivity index (χ1v) is 11.4. The molecule has 2 N–H and O–H groups in total. The number of hydrogen-bond acceptors (Lipinski definition) is 5. The predicted molar refractivity (Wildman–Crippen MR) is 128 cm³/mol. The molecule has 1 heterocycles. The molecule has 7 nitrogen and oxygen atoms in total. The highest BCUT2D eigenvalue weighted by molar-refractivity contribution is 5.95. The maximum atomic E-state index is 13.1. The quantitative estimate of drug-likeness (QED) is 0.378. The van der Waals surface area contributed by atoms with E-state index in [-0.39, 0.29) is 12.5 Å². The van der Waals surface area contributed by atoms with Gasteiger partial charge in [0.2, 0.25) is 5.91 Å². The van der Waals surface area contributed by atoms with E-state index in [0.717, 1.165) is 27.5 Å². The number of benzene rings is 3. The van der Waals surface area contributed by atoms with Gasteiger partial charge >= 0.3 is 5.97 Å². The van der Waals surface area contributed by atoms with Gasteiger partial charge in [-0.2, -0.15) is 0 Å². The predicted octanol–water partition coefficient (Wildman–Crippen LogP) is 2.82. The van der Waals surface area contributed by atoms with Crippen LogP contribution in [0, 0.1) is 6.92 Å². The van der Waals surface area contributed by atoms with Crippen LogP contribution in [0.25, 0.3) is 10.8 Å². The van der Waals surface area contributed by atoms with E-state index in [2.05, 4.69) is 10.6 Å². The summed E-state index contributed by atoms with van der Waals surface area (Å²) in [6.07, 6.45) is -1.54. The van der Waals surface area contributed by atoms with Crippen LogP contribution < -0.4 is 10.6 Å². The lowest BCUT2D eigenvalue weighted by atomic mass is 10.0. The average molecular weight is 461 g/mol. The molecule has 1 aliphatic rings. The molecule has 176 valence electrons. The first-order valence-electron chi connectivity index (χ1n) is 11.4. The summed E-state index contributed by atoms with van der Waals surface area (Å²) < 4.78 is 10.1. The van der Waals surface area contributed by atoms with Crippen molar-refractivity contribution in [3.63, 3.8) is 0 Å². The molecule has 1 saturated heterocycles. The molecule has 1 unspecified atom stereocenters. The van der Waals surface area contributed by atoms with E-state index in [1.54, 1.807) is 6.92 Å². The lowest BCUT2D eigenvalue weighted by molar-refractivity contribution is -0.144. The third-order valence-electron chi connectivity index (χ3n) is 5.74. The van der Waals surface area contributed by atoms with Crippen molar-refractivity contribution in [3.8, 4) is 0 Å². The fraction of sp³-hybridized carbons (Fsp3) is 0.296. The Hall–Kier alpha value is -3.71. The van der Waals surface area contributed by atoms with Crippen LogP contribution >= 0.6 is 0 Å². The minimum absolute atomic E-state index is 0.209. The molecule has 0 aromatic heterocycles. The molecule has 0 spiro atoms. The van der Waals surface area contributed by atoms with Gasteiger partial charge in [-0.05, 0) is 41.8 Å². The van der Waals surface area contributed by atoms with Crippen molar-refractivity contribution in [2.75, 3.05) is 6.61 Å². The van der Waals surface area contributed by atoms with Crippen molar-refractivity contribution in [1.82, 2.24) is 10.6 Å². The van der Waals surface area contributed by atoms with E-state index < -0.39 is 30.1 Å². The number of rotatable bonds is 9. The highest BCUT2D eigenvalue weighted by atomic mass is 16.6. The van der Waals surface area contributed by atoms with E-state index in [1.807, 2.05) is 73.7 Å². The van der Waals surface area contributed by atoms with Crippen LogP contribution in [0.5, 0.6) is 0 Å². The summed E-state index contributed by atoms with van der Waals surface area (Å²) in [7, 11) is 0. The molecule has 3 aromatic carbocycles. The molecule has 0 bridgehead atoms. The van der Waals surface area contributed by atoms with Gasteiger partial charge in [-0.15, -0.1) is 0 Å². The average Bonchev–Trinajstić information content (AvgIpc) is 3.65. The highest BCUT2D eigenvalue weighted by Gasteiger charge is 2.52. The number of esters is 1. The molecular weight excluding hydrogens is 432 g/mol. The standard InChI is InChI=1S/C27H28N2O5/c1-3-33-27(32)24-23(34-24)26(31)29-22(15-18-10-8-17(2)9-11-18)25(30)28-16-19-12-13-20-6-4-5-7-21(20)14-19/h4-14,22-24H,3,15-16H2,1-2H3,(H,28,30)(H,29,31)/t22-,23?,24+/m0/s1. The van der Waals surface area contributed by atoms with Crippen LogP contribution in [0.1, 0.15) is 23.6 Å². The Morgan fingerprint density at radius 3 is 2.38 bits per heavy atom. The minimum Gasteiger partial charge on any atom is -0.464 e. The smallest absolute Gasteiger partial charge is 0.338 e. The van der Waals surface area contributed by atoms with Crippen molar-refractivity contribution in [3.05, 3.63) is 83.4 Å². The SMILES string of the molecule is CCOC(=O)[C@@H]1OC1C(=O)N[C@@H](Cc1ccc(C)cc1)C(=O)NCc1ccc2ccccc2c1. The Bertz CT molecular complexity index is 1190. The molecule has 3 aromatic rings. The highest BCUT2D eigenvalue weighted by Crippen LogP contribution is 2.24. The lowest BCUT2D eigenvalue weighted by Gasteiger charge is -2.18. The Labute approximate surface area is 198 Å². The maximum absolute atomic E-state index is 13.1. The molecule has 2 amide bonds. The van der Waals surface area contributed by atoms with E-state index in [4.69, 9.17) is 9.47 Å². The number of fused-ring (bicyclic) bond motifs is 1. The topological polar surface area (TPSA) is 97.0 Å². The third-order valence-corrected chi connectivity index (χ3v) is 5.74. The van der Waals surface area contributed by atoms with Gasteiger partial charge in [0.25, 0.3) is 5.91 Å². The van der Waals surface area contributed by atoms with Crippen molar-refractivity contribution >= 4 is 28.6 Å². The number of aryl methyl sites for hydroxylation is 1. The zero-order valence-electron chi connectivity index (χ0n) is 19.2. The zero-order valence-corrected chi connectivity index (χ0v) is 19.2. The molecule has 0 radical (unpaired) electrons. The Morgan fingerprint density at radius 1 is 0.941 bits per heavy atom. The van der Waals surface area contributed by atoms with Crippen molar-refractivity contribution in [2.24, 2.45) is 0 Å². The monoisotopic (exact) mass is 460 g/mol. The van der Waals surface area contributed by atoms with Gasteiger partial charge in [0.1, 0.15) is 6.04 Å². The van der Waals surface area contributed by atoms with E-state index in [0.29, 0.717) is 13.0 Å². The molecule has 0 aliphatic carbocycles. The van der Waals surface area contributed by atoms with Gasteiger partial charge in [0.15, 0.2) is 12.2 Å². The Kier molecular flexibility index (Phi) is 7.23. The van der Waals surface area contributed by atoms with E-state index >= 15 is 0 Å². The van der Waals surface area contributed by atoms with Gasteiger partial charge in [-0.3, -0.25) is 9.59 Å². The summed E-state index contributed by atoms with van der Waals surface area (Å²) in [5.41, 5.74) is 2.98. The molecule has 4 rings (SSSR count). The first-order chi connectivity index (χ1) is 16.4. The van der Waals surface area contributed by atoms with E-state index in [9.17, 15) is 14.4 Å². The van der Waals surface area contributed by atoms with Gasteiger partial charge < -0.3 is 20.1 Å². The lowest BCUT2D eigenvalue weighted by Crippen LogP contribution is -2.49. The number of amides is 2. The summed E-state index contributed by atoms with van der Waals surface area (Å²) in [6, 6.07) is 21.0. The second-order valence-electron chi connectivity index (χ2n) is 8.38. The summed E-state index contributed by atoms with van der Waals surface area (Å²) in [6.45, 7) is 4.21. The third kappa shape index (κ3) is 5.80. The summed E-state index contributed by atoms with van der Waals surface area (Å²) in [5, 5.41) is 7.90. The van der Waals surface area contributed by atoms with Crippen molar-refractivity contribution < 1.29 is 23.9 Å². The summed E-state index contributed by atoms with van der Waals surface area (Å²) in [4.78, 5) is 37.6. The van der Waals surface area contributed by atoms with Crippen LogP contribution in [-0.2, 0) is 36.8 Å². The van der Waals surface area contributed by atoms with Gasteiger partial charge in [-0.1, -0.05) is 66.2 Å². The molecule has 1 aliphatic heterocycles. The first kappa shape index (κ1) is 23.4. The summed E-state index contributed by atoms with van der Waals surface area (Å²) >= 11 is 0. The zero-order chi connectivity index (χ0) is 24.1. The van der Waals surface area contributed by atoms with Gasteiger partial charge in [0, 0.05) is 13.0 Å². The normalized spacial score (nSPS) is 17.6. The molecule has 7 heteroatoms. The number of carbonyl (C=O) groups is 3. The molecule has 0 saturated carbocycles. The molecule has 3 atom stereocenters. The number of nitrogens with one attached hydrogen (secondary N) is 2. The molecule has 1 fully saturated rings. The summed E-state index contributed by atoms with van der Waals surface area (Å²) in [5.74, 6) is -1.38. The number of ether oxygens (including phenoxy) is 2. The second kappa shape index (κ2) is 10.5. The van der Waals surface area contributed by atoms with Gasteiger partial charge in [0.05, 0.1) is 6.61 Å². The van der Waals surface area contributed by atoms with Crippen LogP contribution in [-0.4, -0.2) is 42.6 Å². The van der Waals surface area contributed by atoms with Crippen molar-refractivity contribution in [2.45, 2.75) is 45.1 Å². The van der Waals surface area contributed by atoms with Crippen LogP contribution in [0.4, 0.5) is 0 Å². The largest absolute Gasteiger partial charge is 0.464 e. The van der Waals surface area contributed by atoms with Crippen molar-refractivity contribution in [1.29, 1.82) is 0 Å². The number of epoxide rings is 1. The van der Waals surface area contributed by atoms with Crippen LogP contribution in [0.2, 0.25) is 0 Å². The second-order valence-corrected chi connectivity index (χ2v) is 8.38. The van der Waals surface area contributed by atoms with Gasteiger partial charge in [-0.25, -0.2) is 4.79 Å². The van der Waals surface area contributed by atoms with E-state index in [1.165, 1.54) is 0 Å². The number of hydrogen-bond donors (Lipinski definition) is 2. The number of carbonyl (C=O) groups excluding carboxylic acids is 3. The Morgan fingerprint density at radius 2 is 1.65 bits per heavy atom. The fourth-order valence-electron chi connectivity index (χ4n) is 3.80. The minimum atomic E-state index is -0.937. The fourth-order valence-corrected chi connectivity index (χ4v) is 3.80. The van der Waals surface area contributed by atoms with Crippen LogP contribution in [0.15, 0.2) is 66.7 Å².